The number of hydrogen-bond acceptors (Lipinski definition) is 4. The average molecular weight is 240 g/mol. The van der Waals surface area contributed by atoms with E-state index in [1.165, 1.54) is 6.08 Å². The van der Waals surface area contributed by atoms with E-state index in [-0.39, 0.29) is 6.42 Å². The lowest BCUT2D eigenvalue weighted by molar-refractivity contribution is -0.154. The Morgan fingerprint density at radius 3 is 2.29 bits per heavy atom. The standard InChI is InChI=1S/C11H16N2O4/c1-4-6-11(7(3)17-5-2)8(14)12-10(16)13-9(11)15/h4,7H,1,5-6H2,2-3H3,(H2,12,13,14,15,16). The molecule has 0 aromatic carbocycles. The minimum absolute atomic E-state index is 0.110. The first-order valence-corrected chi connectivity index (χ1v) is 5.38. The summed E-state index contributed by atoms with van der Waals surface area (Å²) in [5, 5.41) is 4.17. The highest BCUT2D eigenvalue weighted by molar-refractivity contribution is 6.19. The first-order chi connectivity index (χ1) is 7.98. The third-order valence-electron chi connectivity index (χ3n) is 2.84. The molecule has 17 heavy (non-hydrogen) atoms. The van der Waals surface area contributed by atoms with Gasteiger partial charge in [0, 0.05) is 6.61 Å². The smallest absolute Gasteiger partial charge is 0.328 e. The molecular weight excluding hydrogens is 224 g/mol. The zero-order valence-electron chi connectivity index (χ0n) is 9.91. The van der Waals surface area contributed by atoms with E-state index in [1.807, 2.05) is 0 Å². The summed E-state index contributed by atoms with van der Waals surface area (Å²) >= 11 is 0. The number of rotatable bonds is 5. The van der Waals surface area contributed by atoms with Crippen molar-refractivity contribution in [1.82, 2.24) is 10.6 Å². The van der Waals surface area contributed by atoms with Crippen molar-refractivity contribution in [3.63, 3.8) is 0 Å². The van der Waals surface area contributed by atoms with E-state index >= 15 is 0 Å². The summed E-state index contributed by atoms with van der Waals surface area (Å²) < 4.78 is 5.33. The van der Waals surface area contributed by atoms with E-state index in [9.17, 15) is 14.4 Å². The summed E-state index contributed by atoms with van der Waals surface area (Å²) in [5.41, 5.74) is -1.42. The van der Waals surface area contributed by atoms with Gasteiger partial charge in [0.25, 0.3) is 0 Å². The fourth-order valence-corrected chi connectivity index (χ4v) is 1.90. The van der Waals surface area contributed by atoms with Crippen LogP contribution in [0.5, 0.6) is 0 Å². The van der Waals surface area contributed by atoms with Gasteiger partial charge < -0.3 is 4.74 Å². The molecule has 0 saturated carbocycles. The highest BCUT2D eigenvalue weighted by Crippen LogP contribution is 2.32. The Morgan fingerprint density at radius 2 is 1.88 bits per heavy atom. The van der Waals surface area contributed by atoms with Crippen molar-refractivity contribution in [2.45, 2.75) is 26.4 Å². The normalized spacial score (nSPS) is 20.5. The van der Waals surface area contributed by atoms with Gasteiger partial charge in [0.05, 0.1) is 6.10 Å². The SMILES string of the molecule is C=CCC1(C(C)OCC)C(=O)NC(=O)NC1=O. The van der Waals surface area contributed by atoms with Gasteiger partial charge in [-0.05, 0) is 20.3 Å². The maximum Gasteiger partial charge on any atom is 0.328 e. The molecule has 6 nitrogen and oxygen atoms in total. The van der Waals surface area contributed by atoms with E-state index in [2.05, 4.69) is 17.2 Å². The van der Waals surface area contributed by atoms with E-state index in [0.29, 0.717) is 6.61 Å². The molecule has 1 aliphatic heterocycles. The predicted molar refractivity (Wildman–Crippen MR) is 60.0 cm³/mol. The summed E-state index contributed by atoms with van der Waals surface area (Å²) in [5.74, 6) is -1.29. The lowest BCUT2D eigenvalue weighted by Crippen LogP contribution is -2.66. The van der Waals surface area contributed by atoms with Crippen LogP contribution >= 0.6 is 0 Å². The molecular formula is C11H16N2O4. The van der Waals surface area contributed by atoms with Crippen molar-refractivity contribution in [2.24, 2.45) is 5.41 Å². The van der Waals surface area contributed by atoms with Crippen LogP contribution in [0.1, 0.15) is 20.3 Å². The molecule has 6 heteroatoms. The number of urea groups is 1. The highest BCUT2D eigenvalue weighted by Gasteiger charge is 2.53. The van der Waals surface area contributed by atoms with Crippen molar-refractivity contribution in [3.8, 4) is 0 Å². The molecule has 1 saturated heterocycles. The van der Waals surface area contributed by atoms with Crippen molar-refractivity contribution in [2.75, 3.05) is 6.61 Å². The second-order valence-corrected chi connectivity index (χ2v) is 3.80. The van der Waals surface area contributed by atoms with Crippen LogP contribution in [0.3, 0.4) is 0 Å². The number of amides is 4. The van der Waals surface area contributed by atoms with Gasteiger partial charge in [0.15, 0.2) is 5.41 Å². The van der Waals surface area contributed by atoms with Gasteiger partial charge in [-0.25, -0.2) is 4.79 Å². The second kappa shape index (κ2) is 5.09. The number of carbonyl (C=O) groups excluding carboxylic acids is 3. The van der Waals surface area contributed by atoms with E-state index in [1.54, 1.807) is 13.8 Å². The van der Waals surface area contributed by atoms with Crippen LogP contribution in [-0.2, 0) is 14.3 Å². The Kier molecular flexibility index (Phi) is 4.01. The van der Waals surface area contributed by atoms with Crippen LogP contribution in [0.2, 0.25) is 0 Å². The number of imide groups is 2. The minimum atomic E-state index is -1.42. The average Bonchev–Trinajstić information content (AvgIpc) is 2.23. The van der Waals surface area contributed by atoms with Crippen molar-refractivity contribution < 1.29 is 19.1 Å². The molecule has 1 heterocycles. The van der Waals surface area contributed by atoms with Gasteiger partial charge in [-0.3, -0.25) is 20.2 Å². The number of allylic oxidation sites excluding steroid dienone is 1. The highest BCUT2D eigenvalue weighted by atomic mass is 16.5. The Morgan fingerprint density at radius 1 is 1.35 bits per heavy atom. The summed E-state index contributed by atoms with van der Waals surface area (Å²) in [7, 11) is 0. The summed E-state index contributed by atoms with van der Waals surface area (Å²) in [6.45, 7) is 7.29. The summed E-state index contributed by atoms with van der Waals surface area (Å²) in [4.78, 5) is 34.9. The monoisotopic (exact) mass is 240 g/mol. The molecule has 1 aliphatic rings. The molecule has 1 rings (SSSR count). The quantitative estimate of drug-likeness (QED) is 0.536. The lowest BCUT2D eigenvalue weighted by atomic mass is 9.76. The van der Waals surface area contributed by atoms with Crippen molar-refractivity contribution in [3.05, 3.63) is 12.7 Å². The van der Waals surface area contributed by atoms with Crippen molar-refractivity contribution >= 4 is 17.8 Å². The lowest BCUT2D eigenvalue weighted by Gasteiger charge is -2.37. The zero-order chi connectivity index (χ0) is 13.1. The van der Waals surface area contributed by atoms with E-state index in [0.717, 1.165) is 0 Å². The van der Waals surface area contributed by atoms with Gasteiger partial charge >= 0.3 is 6.03 Å². The van der Waals surface area contributed by atoms with Gasteiger partial charge in [-0.1, -0.05) is 6.08 Å². The van der Waals surface area contributed by atoms with Crippen LogP contribution in [-0.4, -0.2) is 30.6 Å². The Hall–Kier alpha value is -1.69. The number of barbiturate groups is 1. The summed E-state index contributed by atoms with van der Waals surface area (Å²) in [6, 6.07) is -0.802. The fourth-order valence-electron chi connectivity index (χ4n) is 1.90. The van der Waals surface area contributed by atoms with Gasteiger partial charge in [0.1, 0.15) is 0 Å². The van der Waals surface area contributed by atoms with Crippen LogP contribution < -0.4 is 10.6 Å². The van der Waals surface area contributed by atoms with Gasteiger partial charge in [-0.2, -0.15) is 0 Å². The molecule has 1 unspecified atom stereocenters. The molecule has 1 fully saturated rings. The maximum absolute atomic E-state index is 11.9. The Balaban J connectivity index is 3.11. The third-order valence-corrected chi connectivity index (χ3v) is 2.84. The van der Waals surface area contributed by atoms with Crippen LogP contribution in [0.25, 0.3) is 0 Å². The van der Waals surface area contributed by atoms with Crippen LogP contribution in [0.15, 0.2) is 12.7 Å². The molecule has 1 atom stereocenters. The molecule has 94 valence electrons. The predicted octanol–water partition coefficient (Wildman–Crippen LogP) is 0.340. The Bertz CT molecular complexity index is 344. The molecule has 0 radical (unpaired) electrons. The first kappa shape index (κ1) is 13.4. The second-order valence-electron chi connectivity index (χ2n) is 3.80. The van der Waals surface area contributed by atoms with E-state index < -0.39 is 29.4 Å². The summed E-state index contributed by atoms with van der Waals surface area (Å²) in [6.07, 6.45) is 0.933. The topological polar surface area (TPSA) is 84.5 Å². The third kappa shape index (κ3) is 2.21. The molecule has 0 bridgehead atoms. The van der Waals surface area contributed by atoms with Crippen LogP contribution in [0.4, 0.5) is 4.79 Å². The molecule has 0 aromatic rings. The first-order valence-electron chi connectivity index (χ1n) is 5.38. The van der Waals surface area contributed by atoms with Crippen molar-refractivity contribution in [1.29, 1.82) is 0 Å². The molecule has 2 N–H and O–H groups in total. The van der Waals surface area contributed by atoms with E-state index in [4.69, 9.17) is 4.74 Å². The molecule has 0 aromatic heterocycles. The molecule has 0 aliphatic carbocycles. The molecule has 0 spiro atoms. The largest absolute Gasteiger partial charge is 0.377 e. The van der Waals surface area contributed by atoms with Gasteiger partial charge in [-0.15, -0.1) is 6.58 Å². The number of carbonyl (C=O) groups is 3. The minimum Gasteiger partial charge on any atom is -0.377 e. The fraction of sp³-hybridized carbons (Fsp3) is 0.545. The van der Waals surface area contributed by atoms with Crippen LogP contribution in [0, 0.1) is 5.41 Å². The van der Waals surface area contributed by atoms with Gasteiger partial charge in [0.2, 0.25) is 11.8 Å². The zero-order valence-corrected chi connectivity index (χ0v) is 9.91. The maximum atomic E-state index is 11.9. The number of hydrogen-bond donors (Lipinski definition) is 2. The molecule has 4 amide bonds. The Labute approximate surface area is 99.4 Å². The number of nitrogens with one attached hydrogen (secondary N) is 2. The number of ether oxygens (including phenoxy) is 1.